The highest BCUT2D eigenvalue weighted by molar-refractivity contribution is 9.10. The molecular formula is C19H19BrN4O3. The van der Waals surface area contributed by atoms with Crippen molar-refractivity contribution in [3.8, 4) is 5.88 Å². The number of methoxy groups -OCH3 is 1. The van der Waals surface area contributed by atoms with E-state index in [0.29, 0.717) is 24.5 Å². The number of nitrogens with zero attached hydrogens (tertiary/aromatic N) is 4. The van der Waals surface area contributed by atoms with Gasteiger partial charge in [-0.25, -0.2) is 14.8 Å². The number of carbonyl (C=O) groups is 1. The molecule has 0 spiro atoms. The van der Waals surface area contributed by atoms with Gasteiger partial charge < -0.3 is 9.57 Å². The topological polar surface area (TPSA) is 69.0 Å². The Morgan fingerprint density at radius 1 is 1.22 bits per heavy atom. The van der Waals surface area contributed by atoms with E-state index in [1.165, 1.54) is 0 Å². The van der Waals surface area contributed by atoms with Gasteiger partial charge in [0.1, 0.15) is 15.9 Å². The van der Waals surface area contributed by atoms with Gasteiger partial charge in [0.2, 0.25) is 5.88 Å². The standard InChI is InChI=1S/C19H19BrN4O3/c1-26-18-15-16(20)22-17(24(15)12-9-21-18)13-7-10-23(11-8-13)27-19(25)14-5-3-2-4-6-14/h2-6,9,12-13H,7-8,10-11H2,1H3. The maximum absolute atomic E-state index is 12.2. The van der Waals surface area contributed by atoms with Crippen LogP contribution in [0.2, 0.25) is 0 Å². The third-order valence-corrected chi connectivity index (χ3v) is 5.29. The van der Waals surface area contributed by atoms with Crippen molar-refractivity contribution < 1.29 is 14.4 Å². The van der Waals surface area contributed by atoms with Crippen molar-refractivity contribution in [2.24, 2.45) is 0 Å². The average molecular weight is 431 g/mol. The summed E-state index contributed by atoms with van der Waals surface area (Å²) < 4.78 is 8.09. The van der Waals surface area contributed by atoms with E-state index in [2.05, 4.69) is 25.9 Å². The number of fused-ring (bicyclic) bond motifs is 1. The average Bonchev–Trinajstić information content (AvgIpc) is 3.06. The number of aromatic nitrogens is 3. The molecule has 1 aliphatic rings. The van der Waals surface area contributed by atoms with E-state index in [-0.39, 0.29) is 11.9 Å². The summed E-state index contributed by atoms with van der Waals surface area (Å²) in [7, 11) is 1.60. The van der Waals surface area contributed by atoms with Crippen molar-refractivity contribution in [2.45, 2.75) is 18.8 Å². The van der Waals surface area contributed by atoms with Gasteiger partial charge in [-0.05, 0) is 40.9 Å². The highest BCUT2D eigenvalue weighted by atomic mass is 79.9. The maximum Gasteiger partial charge on any atom is 0.357 e. The van der Waals surface area contributed by atoms with Gasteiger partial charge >= 0.3 is 5.97 Å². The molecule has 0 unspecified atom stereocenters. The van der Waals surface area contributed by atoms with E-state index in [1.54, 1.807) is 30.5 Å². The van der Waals surface area contributed by atoms with Gasteiger partial charge in [-0.2, -0.15) is 0 Å². The molecular weight excluding hydrogens is 412 g/mol. The SMILES string of the molecule is COc1nccn2c(C3CCN(OC(=O)c4ccccc4)CC3)nc(Br)c12. The summed E-state index contributed by atoms with van der Waals surface area (Å²) in [6.45, 7) is 1.33. The number of piperidine rings is 1. The number of benzene rings is 1. The first-order valence-electron chi connectivity index (χ1n) is 8.76. The number of hydrogen-bond acceptors (Lipinski definition) is 6. The molecule has 140 valence electrons. The van der Waals surface area contributed by atoms with Crippen molar-refractivity contribution >= 4 is 27.4 Å². The Kier molecular flexibility index (Phi) is 5.09. The highest BCUT2D eigenvalue weighted by Gasteiger charge is 2.28. The van der Waals surface area contributed by atoms with Crippen LogP contribution in [0.5, 0.6) is 5.88 Å². The van der Waals surface area contributed by atoms with Crippen molar-refractivity contribution in [1.82, 2.24) is 19.4 Å². The summed E-state index contributed by atoms with van der Waals surface area (Å²) in [6, 6.07) is 9.04. The van der Waals surface area contributed by atoms with Crippen LogP contribution in [-0.2, 0) is 4.84 Å². The summed E-state index contributed by atoms with van der Waals surface area (Å²) in [4.78, 5) is 26.7. The second-order valence-electron chi connectivity index (χ2n) is 6.36. The maximum atomic E-state index is 12.2. The number of hydrogen-bond donors (Lipinski definition) is 0. The summed E-state index contributed by atoms with van der Waals surface area (Å²) >= 11 is 3.51. The van der Waals surface area contributed by atoms with Crippen molar-refractivity contribution in [2.75, 3.05) is 20.2 Å². The molecule has 0 saturated carbocycles. The zero-order valence-corrected chi connectivity index (χ0v) is 16.4. The van der Waals surface area contributed by atoms with Crippen LogP contribution in [0, 0.1) is 0 Å². The smallest absolute Gasteiger partial charge is 0.357 e. The lowest BCUT2D eigenvalue weighted by atomic mass is 9.97. The molecule has 3 heterocycles. The summed E-state index contributed by atoms with van der Waals surface area (Å²) in [5, 5.41) is 1.73. The van der Waals surface area contributed by atoms with Crippen LogP contribution in [-0.4, -0.2) is 45.6 Å². The molecule has 0 bridgehead atoms. The second kappa shape index (κ2) is 7.66. The first-order valence-corrected chi connectivity index (χ1v) is 9.55. The Labute approximate surface area is 165 Å². The van der Waals surface area contributed by atoms with Crippen LogP contribution in [0.15, 0.2) is 47.3 Å². The number of ether oxygens (including phenoxy) is 1. The van der Waals surface area contributed by atoms with Crippen LogP contribution in [0.1, 0.15) is 34.9 Å². The van der Waals surface area contributed by atoms with Crippen LogP contribution >= 0.6 is 15.9 Å². The largest absolute Gasteiger partial charge is 0.479 e. The Balaban J connectivity index is 1.45. The first kappa shape index (κ1) is 17.9. The van der Waals surface area contributed by atoms with Crippen molar-refractivity contribution in [3.05, 3.63) is 58.7 Å². The normalized spacial score (nSPS) is 15.8. The Bertz CT molecular complexity index is 952. The highest BCUT2D eigenvalue weighted by Crippen LogP contribution is 2.33. The van der Waals surface area contributed by atoms with E-state index in [1.807, 2.05) is 28.8 Å². The molecule has 7 nitrogen and oxygen atoms in total. The van der Waals surface area contributed by atoms with Gasteiger partial charge in [0.05, 0.1) is 12.7 Å². The summed E-state index contributed by atoms with van der Waals surface area (Å²) in [5.74, 6) is 1.45. The molecule has 0 radical (unpaired) electrons. The Hall–Kier alpha value is -2.45. The minimum Gasteiger partial charge on any atom is -0.479 e. The molecule has 8 heteroatoms. The molecule has 27 heavy (non-hydrogen) atoms. The molecule has 0 aliphatic carbocycles. The van der Waals surface area contributed by atoms with E-state index >= 15 is 0 Å². The number of imidazole rings is 1. The fourth-order valence-electron chi connectivity index (χ4n) is 3.38. The van der Waals surface area contributed by atoms with Gasteiger partial charge in [-0.1, -0.05) is 18.2 Å². The van der Waals surface area contributed by atoms with Gasteiger partial charge in [0, 0.05) is 31.4 Å². The van der Waals surface area contributed by atoms with Crippen molar-refractivity contribution in [1.29, 1.82) is 0 Å². The molecule has 1 aromatic carbocycles. The zero-order valence-electron chi connectivity index (χ0n) is 14.8. The lowest BCUT2D eigenvalue weighted by Crippen LogP contribution is -2.35. The number of hydroxylamine groups is 2. The molecule has 0 N–H and O–H groups in total. The molecule has 0 amide bonds. The van der Waals surface area contributed by atoms with E-state index < -0.39 is 0 Å². The van der Waals surface area contributed by atoms with E-state index in [4.69, 9.17) is 9.57 Å². The Morgan fingerprint density at radius 2 is 1.96 bits per heavy atom. The quantitative estimate of drug-likeness (QED) is 0.631. The monoisotopic (exact) mass is 430 g/mol. The van der Waals surface area contributed by atoms with Gasteiger partial charge in [-0.15, -0.1) is 5.06 Å². The summed E-state index contributed by atoms with van der Waals surface area (Å²) in [6.07, 6.45) is 5.30. The molecule has 4 rings (SSSR count). The van der Waals surface area contributed by atoms with Crippen molar-refractivity contribution in [3.63, 3.8) is 0 Å². The van der Waals surface area contributed by atoms with E-state index in [0.717, 1.165) is 28.8 Å². The molecule has 1 saturated heterocycles. The number of halogens is 1. The lowest BCUT2D eigenvalue weighted by molar-refractivity contribution is -0.122. The fraction of sp³-hybridized carbons (Fsp3) is 0.316. The third-order valence-electron chi connectivity index (χ3n) is 4.74. The van der Waals surface area contributed by atoms with Crippen LogP contribution < -0.4 is 4.74 Å². The second-order valence-corrected chi connectivity index (χ2v) is 7.12. The van der Waals surface area contributed by atoms with E-state index in [9.17, 15) is 4.79 Å². The van der Waals surface area contributed by atoms with Crippen LogP contribution in [0.25, 0.3) is 5.52 Å². The summed E-state index contributed by atoms with van der Waals surface area (Å²) in [5.41, 5.74) is 1.38. The van der Waals surface area contributed by atoms with Gasteiger partial charge in [-0.3, -0.25) is 4.40 Å². The fourth-order valence-corrected chi connectivity index (χ4v) is 3.92. The van der Waals surface area contributed by atoms with Gasteiger partial charge in [0.15, 0.2) is 0 Å². The van der Waals surface area contributed by atoms with Crippen LogP contribution in [0.4, 0.5) is 0 Å². The minimum absolute atomic E-state index is 0.266. The molecule has 1 aliphatic heterocycles. The lowest BCUT2D eigenvalue weighted by Gasteiger charge is -2.29. The van der Waals surface area contributed by atoms with Crippen LogP contribution in [0.3, 0.4) is 0 Å². The number of rotatable bonds is 4. The number of carbonyl (C=O) groups excluding carboxylic acids is 1. The molecule has 1 fully saturated rings. The van der Waals surface area contributed by atoms with Gasteiger partial charge in [0.25, 0.3) is 0 Å². The third kappa shape index (κ3) is 3.54. The minimum atomic E-state index is -0.320. The molecule has 0 atom stereocenters. The predicted octanol–water partition coefficient (Wildman–Crippen LogP) is 3.45. The molecule has 3 aromatic rings. The zero-order chi connectivity index (χ0) is 18.8. The first-order chi connectivity index (χ1) is 13.2. The molecule has 2 aromatic heterocycles. The predicted molar refractivity (Wildman–Crippen MR) is 103 cm³/mol. The Morgan fingerprint density at radius 3 is 2.67 bits per heavy atom.